The second kappa shape index (κ2) is 4.24. The lowest BCUT2D eigenvalue weighted by Crippen LogP contribution is -2.26. The van der Waals surface area contributed by atoms with Crippen molar-refractivity contribution in [1.82, 2.24) is 5.32 Å². The highest BCUT2D eigenvalue weighted by molar-refractivity contribution is 5.33. The zero-order valence-electron chi connectivity index (χ0n) is 8.52. The molecule has 82 valence electrons. The molecule has 0 fully saturated rings. The first-order valence-electron chi connectivity index (χ1n) is 4.97. The fourth-order valence-corrected chi connectivity index (χ4v) is 1.91. The molecule has 1 aromatic rings. The standard InChI is InChI=1S/C11H13F2NO/c1-14-6-10-7-2-3-9(12)11(13)8(7)4-5-15-10/h2-3,10,14H,4-6H2,1H3/t10-/m0/s1. The number of nitrogens with one attached hydrogen (secondary N) is 1. The van der Waals surface area contributed by atoms with E-state index in [9.17, 15) is 8.78 Å². The van der Waals surface area contributed by atoms with Gasteiger partial charge in [-0.25, -0.2) is 8.78 Å². The van der Waals surface area contributed by atoms with Gasteiger partial charge in [-0.15, -0.1) is 0 Å². The van der Waals surface area contributed by atoms with Crippen LogP contribution >= 0.6 is 0 Å². The monoisotopic (exact) mass is 213 g/mol. The van der Waals surface area contributed by atoms with E-state index in [-0.39, 0.29) is 6.10 Å². The van der Waals surface area contributed by atoms with E-state index in [0.717, 1.165) is 11.6 Å². The maximum atomic E-state index is 13.4. The van der Waals surface area contributed by atoms with Crippen molar-refractivity contribution in [2.75, 3.05) is 20.2 Å². The Morgan fingerprint density at radius 3 is 3.00 bits per heavy atom. The topological polar surface area (TPSA) is 21.3 Å². The van der Waals surface area contributed by atoms with Gasteiger partial charge in [0.1, 0.15) is 0 Å². The second-order valence-electron chi connectivity index (χ2n) is 3.60. The van der Waals surface area contributed by atoms with E-state index in [1.807, 2.05) is 0 Å². The van der Waals surface area contributed by atoms with Gasteiger partial charge < -0.3 is 10.1 Å². The van der Waals surface area contributed by atoms with Crippen LogP contribution in [0.3, 0.4) is 0 Å². The molecule has 4 heteroatoms. The molecule has 2 nitrogen and oxygen atoms in total. The maximum absolute atomic E-state index is 13.4. The Bertz CT molecular complexity index is 368. The molecule has 1 aliphatic rings. The largest absolute Gasteiger partial charge is 0.372 e. The highest BCUT2D eigenvalue weighted by Gasteiger charge is 2.24. The summed E-state index contributed by atoms with van der Waals surface area (Å²) in [4.78, 5) is 0. The molecule has 0 aliphatic carbocycles. The van der Waals surface area contributed by atoms with Gasteiger partial charge in [0.2, 0.25) is 0 Å². The summed E-state index contributed by atoms with van der Waals surface area (Å²) < 4.78 is 31.9. The molecule has 1 aromatic carbocycles. The summed E-state index contributed by atoms with van der Waals surface area (Å²) in [5.41, 5.74) is 1.22. The highest BCUT2D eigenvalue weighted by Crippen LogP contribution is 2.29. The molecule has 0 saturated heterocycles. The molecule has 15 heavy (non-hydrogen) atoms. The lowest BCUT2D eigenvalue weighted by Gasteiger charge is -2.26. The molecule has 2 rings (SSSR count). The smallest absolute Gasteiger partial charge is 0.162 e. The first kappa shape index (κ1) is 10.5. The van der Waals surface area contributed by atoms with Crippen molar-refractivity contribution < 1.29 is 13.5 Å². The van der Waals surface area contributed by atoms with Gasteiger partial charge in [-0.1, -0.05) is 6.07 Å². The van der Waals surface area contributed by atoms with Crippen molar-refractivity contribution in [1.29, 1.82) is 0 Å². The van der Waals surface area contributed by atoms with Gasteiger partial charge in [-0.2, -0.15) is 0 Å². The van der Waals surface area contributed by atoms with Crippen molar-refractivity contribution in [3.05, 3.63) is 34.9 Å². The number of fused-ring (bicyclic) bond motifs is 1. The Morgan fingerprint density at radius 2 is 2.27 bits per heavy atom. The number of benzene rings is 1. The molecule has 1 aliphatic heterocycles. The zero-order chi connectivity index (χ0) is 10.8. The van der Waals surface area contributed by atoms with Crippen LogP contribution in [-0.2, 0) is 11.2 Å². The maximum Gasteiger partial charge on any atom is 0.162 e. The van der Waals surface area contributed by atoms with Gasteiger partial charge >= 0.3 is 0 Å². The summed E-state index contributed by atoms with van der Waals surface area (Å²) in [6.07, 6.45) is 0.271. The lowest BCUT2D eigenvalue weighted by molar-refractivity contribution is 0.0425. The van der Waals surface area contributed by atoms with Crippen molar-refractivity contribution in [2.45, 2.75) is 12.5 Å². The molecule has 1 N–H and O–H groups in total. The van der Waals surface area contributed by atoms with Gasteiger partial charge in [-0.3, -0.25) is 0 Å². The van der Waals surface area contributed by atoms with E-state index in [0.29, 0.717) is 25.1 Å². The molecule has 0 aromatic heterocycles. The number of hydrogen-bond donors (Lipinski definition) is 1. The third kappa shape index (κ3) is 1.87. The van der Waals surface area contributed by atoms with Gasteiger partial charge in [0.15, 0.2) is 11.6 Å². The number of ether oxygens (including phenoxy) is 1. The first-order valence-corrected chi connectivity index (χ1v) is 4.97. The summed E-state index contributed by atoms with van der Waals surface area (Å²) in [6.45, 7) is 1.05. The molecule has 0 radical (unpaired) electrons. The first-order chi connectivity index (χ1) is 7.24. The molecule has 0 saturated carbocycles. The molecular weight excluding hydrogens is 200 g/mol. The average molecular weight is 213 g/mol. The Balaban J connectivity index is 2.40. The summed E-state index contributed by atoms with van der Waals surface area (Å²) in [5.74, 6) is -1.50. The fraction of sp³-hybridized carbons (Fsp3) is 0.455. The van der Waals surface area contributed by atoms with Crippen LogP contribution in [0, 0.1) is 11.6 Å². The van der Waals surface area contributed by atoms with Gasteiger partial charge in [0.05, 0.1) is 12.7 Å². The van der Waals surface area contributed by atoms with E-state index in [1.54, 1.807) is 13.1 Å². The summed E-state index contributed by atoms with van der Waals surface area (Å²) in [5, 5.41) is 2.97. The number of hydrogen-bond acceptors (Lipinski definition) is 2. The van der Waals surface area contributed by atoms with Crippen LogP contribution in [0.15, 0.2) is 12.1 Å². The van der Waals surface area contributed by atoms with E-state index in [2.05, 4.69) is 5.32 Å². The normalized spacial score (nSPS) is 20.1. The summed E-state index contributed by atoms with van der Waals surface area (Å²) in [6, 6.07) is 2.76. The van der Waals surface area contributed by atoms with Crippen LogP contribution in [0.2, 0.25) is 0 Å². The van der Waals surface area contributed by atoms with E-state index >= 15 is 0 Å². The lowest BCUT2D eigenvalue weighted by atomic mass is 9.96. The van der Waals surface area contributed by atoms with E-state index in [4.69, 9.17) is 4.74 Å². The van der Waals surface area contributed by atoms with Crippen LogP contribution < -0.4 is 5.32 Å². The minimum absolute atomic E-state index is 0.172. The average Bonchev–Trinajstić information content (AvgIpc) is 2.25. The van der Waals surface area contributed by atoms with Gasteiger partial charge in [-0.05, 0) is 30.7 Å². The van der Waals surface area contributed by atoms with E-state index in [1.165, 1.54) is 0 Å². The minimum Gasteiger partial charge on any atom is -0.372 e. The number of likely N-dealkylation sites (N-methyl/N-ethyl adjacent to an activating group) is 1. The zero-order valence-corrected chi connectivity index (χ0v) is 8.52. The fourth-order valence-electron chi connectivity index (χ4n) is 1.91. The molecular formula is C11H13F2NO. The Labute approximate surface area is 87.2 Å². The summed E-state index contributed by atoms with van der Waals surface area (Å²) in [7, 11) is 1.80. The third-order valence-electron chi connectivity index (χ3n) is 2.64. The second-order valence-corrected chi connectivity index (χ2v) is 3.60. The van der Waals surface area contributed by atoms with Crippen LogP contribution in [0.1, 0.15) is 17.2 Å². The number of halogens is 2. The number of rotatable bonds is 2. The predicted octanol–water partition coefficient (Wildman–Crippen LogP) is 1.80. The third-order valence-corrected chi connectivity index (χ3v) is 2.64. The molecule has 0 spiro atoms. The van der Waals surface area contributed by atoms with Gasteiger partial charge in [0.25, 0.3) is 0 Å². The quantitative estimate of drug-likeness (QED) is 0.808. The Hall–Kier alpha value is -1.00. The molecule has 0 bridgehead atoms. The molecule has 1 heterocycles. The van der Waals surface area contributed by atoms with Crippen LogP contribution in [0.4, 0.5) is 8.78 Å². The van der Waals surface area contributed by atoms with Crippen molar-refractivity contribution >= 4 is 0 Å². The molecule has 0 amide bonds. The van der Waals surface area contributed by atoms with Crippen LogP contribution in [-0.4, -0.2) is 20.2 Å². The molecule has 0 unspecified atom stereocenters. The SMILES string of the molecule is CNC[C@@H]1OCCc2c1ccc(F)c2F. The van der Waals surface area contributed by atoms with Crippen LogP contribution in [0.25, 0.3) is 0 Å². The minimum atomic E-state index is -0.779. The summed E-state index contributed by atoms with van der Waals surface area (Å²) >= 11 is 0. The van der Waals surface area contributed by atoms with Crippen molar-refractivity contribution in [3.8, 4) is 0 Å². The van der Waals surface area contributed by atoms with Crippen molar-refractivity contribution in [2.24, 2.45) is 0 Å². The van der Waals surface area contributed by atoms with Crippen molar-refractivity contribution in [3.63, 3.8) is 0 Å². The molecule has 1 atom stereocenters. The van der Waals surface area contributed by atoms with E-state index < -0.39 is 11.6 Å². The van der Waals surface area contributed by atoms with Crippen LogP contribution in [0.5, 0.6) is 0 Å². The Morgan fingerprint density at radius 1 is 1.47 bits per heavy atom. The van der Waals surface area contributed by atoms with Gasteiger partial charge in [0, 0.05) is 6.54 Å². The highest BCUT2D eigenvalue weighted by atomic mass is 19.2. The predicted molar refractivity (Wildman–Crippen MR) is 52.7 cm³/mol. The Kier molecular flexibility index (Phi) is 2.98.